The summed E-state index contributed by atoms with van der Waals surface area (Å²) >= 11 is 0. The molecule has 0 aliphatic heterocycles. The summed E-state index contributed by atoms with van der Waals surface area (Å²) in [7, 11) is 0. The van der Waals surface area contributed by atoms with Crippen LogP contribution in [0.2, 0.25) is 0 Å². The minimum atomic E-state index is -0.186. The van der Waals surface area contributed by atoms with Crippen LogP contribution in [0.4, 0.5) is 17.1 Å². The average Bonchev–Trinajstić information content (AvgIpc) is 3.65. The van der Waals surface area contributed by atoms with Crippen molar-refractivity contribution in [3.8, 4) is 55.6 Å². The van der Waals surface area contributed by atoms with Gasteiger partial charge < -0.3 is 4.90 Å². The minimum absolute atomic E-state index is 0.0386. The second-order valence-electron chi connectivity index (χ2n) is 17.4. The predicted octanol–water partition coefficient (Wildman–Crippen LogP) is 15.9. The van der Waals surface area contributed by atoms with E-state index in [1.807, 2.05) is 0 Å². The Morgan fingerprint density at radius 1 is 0.288 bits per heavy atom. The highest BCUT2D eigenvalue weighted by molar-refractivity contribution is 5.98. The van der Waals surface area contributed by atoms with Crippen molar-refractivity contribution in [2.45, 2.75) is 38.5 Å². The normalized spacial score (nSPS) is 14.0. The van der Waals surface area contributed by atoms with Gasteiger partial charge in [0, 0.05) is 27.9 Å². The van der Waals surface area contributed by atoms with Crippen LogP contribution in [0.1, 0.15) is 49.9 Å². The Morgan fingerprint density at radius 2 is 0.729 bits per heavy atom. The molecule has 0 bridgehead atoms. The van der Waals surface area contributed by atoms with E-state index in [1.165, 1.54) is 88.7 Å². The Kier molecular flexibility index (Phi) is 7.94. The van der Waals surface area contributed by atoms with Gasteiger partial charge in [-0.3, -0.25) is 0 Å². The smallest absolute Gasteiger partial charge is 0.0465 e. The summed E-state index contributed by atoms with van der Waals surface area (Å²) in [5.41, 5.74) is 21.5. The molecule has 9 aromatic rings. The second kappa shape index (κ2) is 13.3. The lowest BCUT2D eigenvalue weighted by atomic mass is 9.81. The minimum Gasteiger partial charge on any atom is -0.310 e. The first kappa shape index (κ1) is 35.2. The Morgan fingerprint density at radius 3 is 1.44 bits per heavy atom. The molecular weight excluding hydrogens is 711 g/mol. The van der Waals surface area contributed by atoms with Crippen LogP contribution in [0.5, 0.6) is 0 Å². The average molecular weight is 756 g/mol. The lowest BCUT2D eigenvalue weighted by molar-refractivity contribution is 0.660. The molecule has 1 heteroatoms. The number of nitrogens with zero attached hydrogens (tertiary/aromatic N) is 1. The van der Waals surface area contributed by atoms with Crippen LogP contribution in [0.25, 0.3) is 66.4 Å². The van der Waals surface area contributed by atoms with Crippen LogP contribution in [-0.4, -0.2) is 0 Å². The van der Waals surface area contributed by atoms with Crippen molar-refractivity contribution in [2.75, 3.05) is 4.90 Å². The van der Waals surface area contributed by atoms with Gasteiger partial charge in [0.1, 0.15) is 0 Å². The molecular formula is C58H45N. The largest absolute Gasteiger partial charge is 0.310 e. The molecule has 0 amide bonds. The molecule has 2 aliphatic carbocycles. The summed E-state index contributed by atoms with van der Waals surface area (Å²) in [5, 5.41) is 2.56. The van der Waals surface area contributed by atoms with Crippen LogP contribution in [0, 0.1) is 0 Å². The molecule has 0 saturated carbocycles. The van der Waals surface area contributed by atoms with Gasteiger partial charge in [0.25, 0.3) is 0 Å². The van der Waals surface area contributed by atoms with E-state index < -0.39 is 0 Å². The first-order valence-corrected chi connectivity index (χ1v) is 20.8. The fourth-order valence-corrected chi connectivity index (χ4v) is 10.1. The van der Waals surface area contributed by atoms with Crippen molar-refractivity contribution >= 4 is 27.8 Å². The third kappa shape index (κ3) is 5.60. The van der Waals surface area contributed by atoms with E-state index in [4.69, 9.17) is 0 Å². The quantitative estimate of drug-likeness (QED) is 0.163. The third-order valence-electron chi connectivity index (χ3n) is 13.3. The SMILES string of the molecule is CC1(C)c2ccccc2-c2ccc(-c3ccc(N(c4ccc(-c5ccccc5)cc4)c4ccc5c(c4)C(C)(C)c4cc(-c6cccc7ccccc67)ccc4-5)cc3)cc21. The van der Waals surface area contributed by atoms with Gasteiger partial charge in [0.05, 0.1) is 0 Å². The molecule has 0 radical (unpaired) electrons. The molecule has 9 aromatic carbocycles. The number of rotatable bonds is 6. The summed E-state index contributed by atoms with van der Waals surface area (Å²) in [6, 6.07) is 74.2. The van der Waals surface area contributed by atoms with Crippen molar-refractivity contribution in [1.82, 2.24) is 0 Å². The van der Waals surface area contributed by atoms with Gasteiger partial charge in [0.15, 0.2) is 0 Å². The molecule has 1 nitrogen and oxygen atoms in total. The lowest BCUT2D eigenvalue weighted by Crippen LogP contribution is -2.16. The summed E-state index contributed by atoms with van der Waals surface area (Å²) < 4.78 is 0. The van der Waals surface area contributed by atoms with Crippen molar-refractivity contribution in [3.05, 3.63) is 222 Å². The van der Waals surface area contributed by atoms with Crippen molar-refractivity contribution in [1.29, 1.82) is 0 Å². The van der Waals surface area contributed by atoms with Gasteiger partial charge in [-0.1, -0.05) is 179 Å². The number of hydrogen-bond acceptors (Lipinski definition) is 1. The third-order valence-corrected chi connectivity index (χ3v) is 13.3. The number of anilines is 3. The standard InChI is InChI=1S/C58H45N/c1-57(2)53-20-11-10-18-49(53)50-32-25-42(35-54(50)57)40-23-29-45(30-24-40)59(44-27-21-39(22-28-44)38-13-6-5-7-14-38)46-31-34-52-51-33-26-43(36-55(51)58(3,4)56(52)37-46)48-19-12-16-41-15-8-9-17-47(41)48/h5-37H,1-4H3. The number of hydrogen-bond donors (Lipinski definition) is 0. The van der Waals surface area contributed by atoms with Gasteiger partial charge in [-0.15, -0.1) is 0 Å². The van der Waals surface area contributed by atoms with Crippen LogP contribution in [0.3, 0.4) is 0 Å². The topological polar surface area (TPSA) is 3.24 Å². The maximum atomic E-state index is 2.44. The van der Waals surface area contributed by atoms with Crippen LogP contribution in [-0.2, 0) is 10.8 Å². The van der Waals surface area contributed by atoms with E-state index in [-0.39, 0.29) is 10.8 Å². The highest BCUT2D eigenvalue weighted by Crippen LogP contribution is 2.53. The van der Waals surface area contributed by atoms with Gasteiger partial charge in [0.2, 0.25) is 0 Å². The zero-order valence-corrected chi connectivity index (χ0v) is 34.0. The van der Waals surface area contributed by atoms with E-state index in [0.29, 0.717) is 0 Å². The molecule has 0 atom stereocenters. The lowest BCUT2D eigenvalue weighted by Gasteiger charge is -2.28. The fourth-order valence-electron chi connectivity index (χ4n) is 10.1. The Balaban J connectivity index is 0.986. The Hall–Kier alpha value is -6.96. The first-order chi connectivity index (χ1) is 28.8. The molecule has 11 rings (SSSR count). The maximum Gasteiger partial charge on any atom is 0.0465 e. The monoisotopic (exact) mass is 755 g/mol. The summed E-state index contributed by atoms with van der Waals surface area (Å²) in [6.45, 7) is 9.48. The maximum absolute atomic E-state index is 2.44. The fraction of sp³-hybridized carbons (Fsp3) is 0.103. The highest BCUT2D eigenvalue weighted by Gasteiger charge is 2.37. The van der Waals surface area contributed by atoms with Gasteiger partial charge in [-0.2, -0.15) is 0 Å². The molecule has 0 aromatic heterocycles. The van der Waals surface area contributed by atoms with Crippen molar-refractivity contribution in [3.63, 3.8) is 0 Å². The molecule has 0 spiro atoms. The summed E-state index contributed by atoms with van der Waals surface area (Å²) in [4.78, 5) is 2.42. The van der Waals surface area contributed by atoms with E-state index in [9.17, 15) is 0 Å². The van der Waals surface area contributed by atoms with Gasteiger partial charge >= 0.3 is 0 Å². The van der Waals surface area contributed by atoms with E-state index in [2.05, 4.69) is 233 Å². The van der Waals surface area contributed by atoms with Gasteiger partial charge in [-0.25, -0.2) is 0 Å². The molecule has 0 N–H and O–H groups in total. The Bertz CT molecular complexity index is 3070. The molecule has 0 fully saturated rings. The number of fused-ring (bicyclic) bond motifs is 7. The zero-order chi connectivity index (χ0) is 39.9. The van der Waals surface area contributed by atoms with Crippen LogP contribution in [0.15, 0.2) is 200 Å². The summed E-state index contributed by atoms with van der Waals surface area (Å²) in [5.74, 6) is 0. The zero-order valence-electron chi connectivity index (χ0n) is 34.0. The van der Waals surface area contributed by atoms with E-state index >= 15 is 0 Å². The summed E-state index contributed by atoms with van der Waals surface area (Å²) in [6.07, 6.45) is 0. The molecule has 2 aliphatic rings. The highest BCUT2D eigenvalue weighted by atomic mass is 15.1. The molecule has 59 heavy (non-hydrogen) atoms. The molecule has 0 saturated heterocycles. The van der Waals surface area contributed by atoms with Crippen molar-refractivity contribution in [2.24, 2.45) is 0 Å². The number of benzene rings is 9. The van der Waals surface area contributed by atoms with Crippen molar-refractivity contribution < 1.29 is 0 Å². The molecule has 0 heterocycles. The molecule has 0 unspecified atom stereocenters. The Labute approximate surface area is 347 Å². The van der Waals surface area contributed by atoms with Gasteiger partial charge in [-0.05, 0) is 137 Å². The van der Waals surface area contributed by atoms with E-state index in [1.54, 1.807) is 0 Å². The second-order valence-corrected chi connectivity index (χ2v) is 17.4. The molecule has 282 valence electrons. The van der Waals surface area contributed by atoms with Crippen LogP contribution < -0.4 is 4.90 Å². The van der Waals surface area contributed by atoms with Crippen LogP contribution >= 0.6 is 0 Å². The predicted molar refractivity (Wildman–Crippen MR) is 250 cm³/mol. The first-order valence-electron chi connectivity index (χ1n) is 20.8. The van der Waals surface area contributed by atoms with E-state index in [0.717, 1.165) is 17.1 Å².